The van der Waals surface area contributed by atoms with Crippen LogP contribution in [0.25, 0.3) is 0 Å². The van der Waals surface area contributed by atoms with Crippen molar-refractivity contribution >= 4 is 9.84 Å². The molecule has 2 aromatic carbocycles. The quantitative estimate of drug-likeness (QED) is 0.746. The molecule has 5 heteroatoms. The summed E-state index contributed by atoms with van der Waals surface area (Å²) in [7, 11) is -3.54. The number of sulfone groups is 1. The highest BCUT2D eigenvalue weighted by Crippen LogP contribution is 2.24. The highest BCUT2D eigenvalue weighted by Gasteiger charge is 2.21. The van der Waals surface area contributed by atoms with Crippen LogP contribution >= 0.6 is 0 Å². The minimum absolute atomic E-state index is 0.334. The number of rotatable bonds is 4. The second kappa shape index (κ2) is 9.02. The Balaban J connectivity index is 1.95. The van der Waals surface area contributed by atoms with E-state index in [1.165, 1.54) is 0 Å². The van der Waals surface area contributed by atoms with E-state index < -0.39 is 9.84 Å². The lowest BCUT2D eigenvalue weighted by molar-refractivity contribution is 0.137. The Hall–Kier alpha value is -2.37. The first-order chi connectivity index (χ1) is 13.1. The monoisotopic (exact) mass is 383 g/mol. The molecule has 0 radical (unpaired) electrons. The number of benzene rings is 2. The maximum Gasteiger partial charge on any atom is 0.204 e. The third-order valence-corrected chi connectivity index (χ3v) is 6.31. The molecule has 0 bridgehead atoms. The van der Waals surface area contributed by atoms with E-state index in [0.717, 1.165) is 11.1 Å². The summed E-state index contributed by atoms with van der Waals surface area (Å²) in [5.41, 5.74) is 2.17. The fourth-order valence-corrected chi connectivity index (χ4v) is 4.31. The summed E-state index contributed by atoms with van der Waals surface area (Å²) in [6.07, 6.45) is 5.88. The first-order valence-corrected chi connectivity index (χ1v) is 10.6. The van der Waals surface area contributed by atoms with Gasteiger partial charge >= 0.3 is 0 Å². The van der Waals surface area contributed by atoms with E-state index in [1.807, 2.05) is 66.4 Å². The van der Waals surface area contributed by atoms with E-state index in [2.05, 4.69) is 0 Å². The predicted molar refractivity (Wildman–Crippen MR) is 108 cm³/mol. The van der Waals surface area contributed by atoms with E-state index in [9.17, 15) is 8.42 Å². The Kier molecular flexibility index (Phi) is 6.48. The van der Waals surface area contributed by atoms with Crippen molar-refractivity contribution in [3.63, 3.8) is 0 Å². The molecular weight excluding hydrogens is 358 g/mol. The van der Waals surface area contributed by atoms with Gasteiger partial charge in [0.05, 0.1) is 23.0 Å². The van der Waals surface area contributed by atoms with Gasteiger partial charge in [0.1, 0.15) is 0 Å². The van der Waals surface area contributed by atoms with Gasteiger partial charge < -0.3 is 9.64 Å². The lowest BCUT2D eigenvalue weighted by Gasteiger charge is -2.23. The molecule has 2 aromatic rings. The van der Waals surface area contributed by atoms with Crippen LogP contribution in [0.3, 0.4) is 0 Å². The molecule has 0 aliphatic carbocycles. The van der Waals surface area contributed by atoms with Crippen molar-refractivity contribution in [2.24, 2.45) is 0 Å². The topological polar surface area (TPSA) is 46.6 Å². The maximum atomic E-state index is 13.2. The van der Waals surface area contributed by atoms with Gasteiger partial charge in [-0.2, -0.15) is 0 Å². The van der Waals surface area contributed by atoms with Gasteiger partial charge in [-0.05, 0) is 24.6 Å². The summed E-state index contributed by atoms with van der Waals surface area (Å²) >= 11 is 0. The van der Waals surface area contributed by atoms with Gasteiger partial charge in [0.2, 0.25) is 9.84 Å². The van der Waals surface area contributed by atoms with Crippen LogP contribution < -0.4 is 0 Å². The molecule has 0 unspecified atom stereocenters. The molecule has 1 aliphatic heterocycles. The molecule has 0 amide bonds. The summed E-state index contributed by atoms with van der Waals surface area (Å²) in [5.74, 6) is 0. The highest BCUT2D eigenvalue weighted by molar-refractivity contribution is 7.95. The molecule has 1 aliphatic rings. The fourth-order valence-electron chi connectivity index (χ4n) is 2.91. The lowest BCUT2D eigenvalue weighted by Crippen LogP contribution is -2.24. The van der Waals surface area contributed by atoms with Crippen molar-refractivity contribution in [2.45, 2.75) is 24.8 Å². The maximum absolute atomic E-state index is 13.2. The fraction of sp³-hybridized carbons (Fsp3) is 0.273. The molecule has 4 nitrogen and oxygen atoms in total. The molecule has 3 rings (SSSR count). The predicted octanol–water partition coefficient (Wildman–Crippen LogP) is 4.09. The van der Waals surface area contributed by atoms with E-state index in [0.29, 0.717) is 42.5 Å². The van der Waals surface area contributed by atoms with Crippen molar-refractivity contribution in [3.05, 3.63) is 89.0 Å². The largest absolute Gasteiger partial charge is 0.376 e. The second-order valence-electron chi connectivity index (χ2n) is 6.62. The van der Waals surface area contributed by atoms with Crippen LogP contribution in [0.5, 0.6) is 0 Å². The number of hydrogen-bond donors (Lipinski definition) is 0. The summed E-state index contributed by atoms with van der Waals surface area (Å²) < 4.78 is 32.0. The van der Waals surface area contributed by atoms with Crippen molar-refractivity contribution in [3.8, 4) is 0 Å². The van der Waals surface area contributed by atoms with Crippen molar-refractivity contribution in [1.82, 2.24) is 4.90 Å². The van der Waals surface area contributed by atoms with Crippen LogP contribution in [0.1, 0.15) is 17.5 Å². The van der Waals surface area contributed by atoms with Crippen LogP contribution in [0, 0.1) is 6.92 Å². The van der Waals surface area contributed by atoms with E-state index >= 15 is 0 Å². The van der Waals surface area contributed by atoms with E-state index in [1.54, 1.807) is 18.3 Å². The highest BCUT2D eigenvalue weighted by atomic mass is 32.2. The SMILES string of the molecule is Cc1ccc(S(=O)(=O)/C2=C/N(Cc3ccccc3)CCOC/C=C\C2)cc1. The van der Waals surface area contributed by atoms with Gasteiger partial charge in [0, 0.05) is 25.7 Å². The summed E-state index contributed by atoms with van der Waals surface area (Å²) in [6.45, 7) is 4.27. The minimum atomic E-state index is -3.54. The van der Waals surface area contributed by atoms with Crippen molar-refractivity contribution in [1.29, 1.82) is 0 Å². The number of hydrogen-bond acceptors (Lipinski definition) is 4. The van der Waals surface area contributed by atoms with Crippen molar-refractivity contribution < 1.29 is 13.2 Å². The van der Waals surface area contributed by atoms with Crippen LogP contribution in [-0.2, 0) is 21.1 Å². The average molecular weight is 384 g/mol. The number of ether oxygens (including phenoxy) is 1. The van der Waals surface area contributed by atoms with E-state index in [-0.39, 0.29) is 0 Å². The molecule has 0 spiro atoms. The number of allylic oxidation sites excluding steroid dienone is 2. The van der Waals surface area contributed by atoms with Crippen LogP contribution in [0.4, 0.5) is 0 Å². The first-order valence-electron chi connectivity index (χ1n) is 9.09. The Labute approximate surface area is 161 Å². The third kappa shape index (κ3) is 5.31. The van der Waals surface area contributed by atoms with Crippen LogP contribution in [0.15, 0.2) is 82.7 Å². The van der Waals surface area contributed by atoms with Crippen LogP contribution in [-0.4, -0.2) is 33.1 Å². The van der Waals surface area contributed by atoms with Crippen LogP contribution in [0.2, 0.25) is 0 Å². The molecule has 142 valence electrons. The van der Waals surface area contributed by atoms with Gasteiger partial charge in [-0.3, -0.25) is 0 Å². The summed E-state index contributed by atoms with van der Waals surface area (Å²) in [6, 6.07) is 17.1. The Morgan fingerprint density at radius 3 is 2.48 bits per heavy atom. The standard InChI is InChI=1S/C22H25NO3S/c1-19-10-12-21(13-11-19)27(24,25)22-9-5-6-15-26-16-14-23(18-22)17-20-7-3-2-4-8-20/h2-8,10-13,18H,9,14-17H2,1H3/b6-5-,22-18+. The summed E-state index contributed by atoms with van der Waals surface area (Å²) in [5, 5.41) is 0. The molecule has 1 heterocycles. The Morgan fingerprint density at radius 1 is 1.00 bits per heavy atom. The zero-order valence-corrected chi connectivity index (χ0v) is 16.4. The van der Waals surface area contributed by atoms with Gasteiger partial charge in [0.15, 0.2) is 0 Å². The molecule has 0 fully saturated rings. The molecule has 0 N–H and O–H groups in total. The summed E-state index contributed by atoms with van der Waals surface area (Å²) in [4.78, 5) is 2.76. The third-order valence-electron chi connectivity index (χ3n) is 4.45. The van der Waals surface area contributed by atoms with Gasteiger partial charge in [0.25, 0.3) is 0 Å². The average Bonchev–Trinajstić information content (AvgIpc) is 2.67. The van der Waals surface area contributed by atoms with Gasteiger partial charge in [-0.1, -0.05) is 60.2 Å². The normalized spacial score (nSPS) is 19.1. The minimum Gasteiger partial charge on any atom is -0.376 e. The Morgan fingerprint density at radius 2 is 1.74 bits per heavy atom. The molecule has 27 heavy (non-hydrogen) atoms. The molecule has 0 saturated carbocycles. The van der Waals surface area contributed by atoms with Gasteiger partial charge in [-0.15, -0.1) is 0 Å². The molecule has 0 aromatic heterocycles. The number of aryl methyl sites for hydroxylation is 1. The first kappa shape index (κ1) is 19.4. The van der Waals surface area contributed by atoms with Crippen molar-refractivity contribution in [2.75, 3.05) is 19.8 Å². The smallest absolute Gasteiger partial charge is 0.204 e. The Bertz CT molecular complexity index is 900. The second-order valence-corrected chi connectivity index (χ2v) is 8.62. The molecule has 0 saturated heterocycles. The van der Waals surface area contributed by atoms with Gasteiger partial charge in [-0.25, -0.2) is 8.42 Å². The molecular formula is C22H25NO3S. The zero-order chi connectivity index (χ0) is 19.1. The van der Waals surface area contributed by atoms with E-state index in [4.69, 9.17) is 4.74 Å². The zero-order valence-electron chi connectivity index (χ0n) is 15.5. The molecule has 0 atom stereocenters. The lowest BCUT2D eigenvalue weighted by atomic mass is 10.2. The number of nitrogens with zero attached hydrogens (tertiary/aromatic N) is 1.